The number of benzene rings is 1. The van der Waals surface area contributed by atoms with Gasteiger partial charge in [0, 0.05) is 23.6 Å². The van der Waals surface area contributed by atoms with Crippen molar-refractivity contribution in [2.24, 2.45) is 5.92 Å². The molecule has 0 saturated heterocycles. The van der Waals surface area contributed by atoms with E-state index in [1.54, 1.807) is 12.1 Å². The van der Waals surface area contributed by atoms with E-state index < -0.39 is 0 Å². The number of halogens is 1. The molecular weight excluding hydrogens is 319 g/mol. The van der Waals surface area contributed by atoms with E-state index in [-0.39, 0.29) is 18.0 Å². The first-order chi connectivity index (χ1) is 11.1. The summed E-state index contributed by atoms with van der Waals surface area (Å²) >= 11 is 1.07. The van der Waals surface area contributed by atoms with Gasteiger partial charge >= 0.3 is 6.03 Å². The molecule has 0 bridgehead atoms. The minimum Gasteiger partial charge on any atom is -0.393 e. The molecule has 0 radical (unpaired) electrons. The summed E-state index contributed by atoms with van der Waals surface area (Å²) in [6.45, 7) is 0.534. The first-order valence-electron chi connectivity index (χ1n) is 7.42. The molecule has 3 rings (SSSR count). The van der Waals surface area contributed by atoms with Crippen molar-refractivity contribution in [2.45, 2.75) is 25.4 Å². The van der Waals surface area contributed by atoms with Crippen LogP contribution >= 0.6 is 11.5 Å². The van der Waals surface area contributed by atoms with Crippen molar-refractivity contribution in [3.05, 3.63) is 30.1 Å². The summed E-state index contributed by atoms with van der Waals surface area (Å²) in [5.74, 6) is 0.447. The molecule has 0 aliphatic heterocycles. The van der Waals surface area contributed by atoms with Crippen LogP contribution in [0.2, 0.25) is 0 Å². The number of carbonyl (C=O) groups excluding carboxylic acids is 1. The molecule has 0 spiro atoms. The Balaban J connectivity index is 1.52. The van der Waals surface area contributed by atoms with Gasteiger partial charge in [0.25, 0.3) is 0 Å². The Kier molecular flexibility index (Phi) is 4.82. The Morgan fingerprint density at radius 1 is 1.35 bits per heavy atom. The molecular formula is C15H17FN4O2S. The van der Waals surface area contributed by atoms with Crippen LogP contribution in [0.3, 0.4) is 0 Å². The smallest absolute Gasteiger partial charge is 0.321 e. The van der Waals surface area contributed by atoms with Gasteiger partial charge in [-0.25, -0.2) is 9.18 Å². The molecule has 1 aliphatic carbocycles. The van der Waals surface area contributed by atoms with Gasteiger partial charge in [-0.15, -0.1) is 0 Å². The largest absolute Gasteiger partial charge is 0.393 e. The van der Waals surface area contributed by atoms with Crippen molar-refractivity contribution in [3.63, 3.8) is 0 Å². The third-order valence-corrected chi connectivity index (χ3v) is 4.44. The van der Waals surface area contributed by atoms with Gasteiger partial charge in [0.15, 0.2) is 5.82 Å². The molecule has 0 unspecified atom stereocenters. The number of aromatic nitrogens is 2. The summed E-state index contributed by atoms with van der Waals surface area (Å²) in [5, 5.41) is 15.3. The maximum absolute atomic E-state index is 12.9. The molecule has 122 valence electrons. The van der Waals surface area contributed by atoms with Crippen LogP contribution in [0.15, 0.2) is 24.3 Å². The predicted molar refractivity (Wildman–Crippen MR) is 85.7 cm³/mol. The first-order valence-corrected chi connectivity index (χ1v) is 8.20. The van der Waals surface area contributed by atoms with E-state index in [1.807, 2.05) is 0 Å². The Labute approximate surface area is 136 Å². The summed E-state index contributed by atoms with van der Waals surface area (Å²) in [4.78, 5) is 16.1. The molecule has 2 atom stereocenters. The van der Waals surface area contributed by atoms with Crippen molar-refractivity contribution < 1.29 is 14.3 Å². The molecule has 3 N–H and O–H groups in total. The zero-order valence-corrected chi connectivity index (χ0v) is 13.1. The quantitative estimate of drug-likeness (QED) is 0.801. The van der Waals surface area contributed by atoms with Gasteiger partial charge in [-0.1, -0.05) is 0 Å². The molecule has 1 saturated carbocycles. The lowest BCUT2D eigenvalue weighted by Gasteiger charge is -2.10. The van der Waals surface area contributed by atoms with Crippen molar-refractivity contribution >= 4 is 22.7 Å². The molecule has 8 heteroatoms. The van der Waals surface area contributed by atoms with Gasteiger partial charge in [0.05, 0.1) is 6.10 Å². The summed E-state index contributed by atoms with van der Waals surface area (Å²) in [6.07, 6.45) is 2.21. The second-order valence-corrected chi connectivity index (χ2v) is 6.35. The number of nitrogens with one attached hydrogen (secondary N) is 2. The lowest BCUT2D eigenvalue weighted by Crippen LogP contribution is -2.32. The number of aliphatic hydroxyl groups excluding tert-OH is 1. The zero-order valence-electron chi connectivity index (χ0n) is 12.3. The lowest BCUT2D eigenvalue weighted by molar-refractivity contribution is 0.177. The lowest BCUT2D eigenvalue weighted by atomic mass is 10.1. The van der Waals surface area contributed by atoms with Crippen LogP contribution in [0.1, 0.15) is 19.3 Å². The molecule has 1 aromatic carbocycles. The van der Waals surface area contributed by atoms with Crippen molar-refractivity contribution in [3.8, 4) is 11.4 Å². The van der Waals surface area contributed by atoms with Gasteiger partial charge in [-0.05, 0) is 49.4 Å². The minimum absolute atomic E-state index is 0.244. The summed E-state index contributed by atoms with van der Waals surface area (Å²) in [6, 6.07) is 5.52. The Morgan fingerprint density at radius 2 is 2.13 bits per heavy atom. The molecule has 23 heavy (non-hydrogen) atoms. The van der Waals surface area contributed by atoms with Gasteiger partial charge in [-0.3, -0.25) is 5.32 Å². The number of amides is 2. The molecule has 2 aromatic rings. The van der Waals surface area contributed by atoms with Crippen molar-refractivity contribution in [2.75, 3.05) is 11.9 Å². The summed E-state index contributed by atoms with van der Waals surface area (Å²) in [7, 11) is 0. The monoisotopic (exact) mass is 336 g/mol. The highest BCUT2D eigenvalue weighted by atomic mass is 32.1. The van der Waals surface area contributed by atoms with Crippen LogP contribution in [-0.2, 0) is 0 Å². The highest BCUT2D eigenvalue weighted by Gasteiger charge is 2.23. The Hall–Kier alpha value is -2.06. The third kappa shape index (κ3) is 4.23. The number of urea groups is 1. The van der Waals surface area contributed by atoms with Crippen molar-refractivity contribution in [1.29, 1.82) is 0 Å². The number of hydrogen-bond acceptors (Lipinski definition) is 5. The average molecular weight is 336 g/mol. The van der Waals surface area contributed by atoms with Gasteiger partial charge in [0.1, 0.15) is 5.82 Å². The van der Waals surface area contributed by atoms with E-state index in [4.69, 9.17) is 0 Å². The second kappa shape index (κ2) is 7.01. The van der Waals surface area contributed by atoms with Crippen LogP contribution in [-0.4, -0.2) is 33.1 Å². The van der Waals surface area contributed by atoms with E-state index in [2.05, 4.69) is 20.0 Å². The normalized spacial score (nSPS) is 20.4. The summed E-state index contributed by atoms with van der Waals surface area (Å²) < 4.78 is 17.0. The maximum atomic E-state index is 12.9. The average Bonchev–Trinajstić information content (AvgIpc) is 3.15. The first kappa shape index (κ1) is 15.8. The van der Waals surface area contributed by atoms with Gasteiger partial charge < -0.3 is 10.4 Å². The van der Waals surface area contributed by atoms with Crippen LogP contribution in [0.4, 0.5) is 14.3 Å². The standard InChI is InChI=1S/C15H17FN4O2S/c16-11-4-2-10(3-5-11)13-18-15(23-20-13)19-14(22)17-8-9-1-6-12(21)7-9/h2-5,9,12,21H,1,6-8H2,(H2,17,18,19,20,22)/t9-,12-/m0/s1. The fraction of sp³-hybridized carbons (Fsp3) is 0.400. The van der Waals surface area contributed by atoms with Crippen LogP contribution in [0.25, 0.3) is 11.4 Å². The number of rotatable bonds is 4. The predicted octanol–water partition coefficient (Wildman–Crippen LogP) is 2.63. The molecule has 1 aromatic heterocycles. The zero-order chi connectivity index (χ0) is 16.2. The highest BCUT2D eigenvalue weighted by molar-refractivity contribution is 7.10. The van der Waals surface area contributed by atoms with Gasteiger partial charge in [0.2, 0.25) is 5.13 Å². The SMILES string of the molecule is O=C(NC[C@H]1CC[C@H](O)C1)Nc1nc(-c2ccc(F)cc2)ns1. The van der Waals surface area contributed by atoms with Crippen LogP contribution < -0.4 is 10.6 Å². The third-order valence-electron chi connectivity index (χ3n) is 3.81. The highest BCUT2D eigenvalue weighted by Crippen LogP contribution is 2.24. The molecule has 2 amide bonds. The number of hydrogen-bond donors (Lipinski definition) is 3. The van der Waals surface area contributed by atoms with Crippen molar-refractivity contribution in [1.82, 2.24) is 14.7 Å². The number of anilines is 1. The Morgan fingerprint density at radius 3 is 2.83 bits per heavy atom. The van der Waals surface area contributed by atoms with E-state index in [1.165, 1.54) is 12.1 Å². The fourth-order valence-corrected chi connectivity index (χ4v) is 3.19. The van der Waals surface area contributed by atoms with E-state index in [9.17, 15) is 14.3 Å². The molecule has 6 nitrogen and oxygen atoms in total. The molecule has 1 aliphatic rings. The summed E-state index contributed by atoms with van der Waals surface area (Å²) in [5.41, 5.74) is 0.691. The van der Waals surface area contributed by atoms with E-state index >= 15 is 0 Å². The Bertz CT molecular complexity index is 676. The number of nitrogens with zero attached hydrogens (tertiary/aromatic N) is 2. The molecule has 1 heterocycles. The fourth-order valence-electron chi connectivity index (χ4n) is 2.60. The number of aliphatic hydroxyl groups is 1. The van der Waals surface area contributed by atoms with Gasteiger partial charge in [-0.2, -0.15) is 9.36 Å². The topological polar surface area (TPSA) is 87.1 Å². The minimum atomic E-state index is -0.340. The van der Waals surface area contributed by atoms with E-state index in [0.29, 0.717) is 29.0 Å². The molecule has 1 fully saturated rings. The second-order valence-electron chi connectivity index (χ2n) is 5.60. The van der Waals surface area contributed by atoms with E-state index in [0.717, 1.165) is 30.8 Å². The maximum Gasteiger partial charge on any atom is 0.321 e. The van der Waals surface area contributed by atoms with Crippen LogP contribution in [0.5, 0.6) is 0 Å². The number of carbonyl (C=O) groups is 1. The van der Waals surface area contributed by atoms with Crippen LogP contribution in [0, 0.1) is 11.7 Å².